The molecule has 0 aliphatic carbocycles. The van der Waals surface area contributed by atoms with Gasteiger partial charge in [0.1, 0.15) is 0 Å². The largest absolute Gasteiger partial charge is 0.465 e. The molecule has 138 valence electrons. The summed E-state index contributed by atoms with van der Waals surface area (Å²) >= 11 is 0. The van der Waals surface area contributed by atoms with E-state index in [4.69, 9.17) is 9.47 Å². The maximum absolute atomic E-state index is 12.9. The molecule has 5 heteroatoms. The van der Waals surface area contributed by atoms with Gasteiger partial charge in [-0.05, 0) is 31.0 Å². The topological polar surface area (TPSA) is 64.6 Å². The van der Waals surface area contributed by atoms with Gasteiger partial charge in [0.15, 0.2) is 6.23 Å². The van der Waals surface area contributed by atoms with Gasteiger partial charge in [-0.15, -0.1) is 0 Å². The highest BCUT2D eigenvalue weighted by molar-refractivity contribution is 6.02. The molecule has 0 saturated heterocycles. The van der Waals surface area contributed by atoms with E-state index < -0.39 is 12.2 Å². The molecular formula is C21H25NO4. The molecule has 1 atom stereocenters. The van der Waals surface area contributed by atoms with Crippen molar-refractivity contribution in [3.8, 4) is 0 Å². The standard InChI is InChI=1S/C21H25NO4/c1-4-8-15-11-13-16(14-12-15)19(23)20(26-5-2)22-18-10-7-6-9-17(18)21(24)25-3/h6-7,9-14,20,22H,4-5,8H2,1-3H3. The van der Waals surface area contributed by atoms with E-state index in [1.807, 2.05) is 31.2 Å². The van der Waals surface area contributed by atoms with Gasteiger partial charge in [0, 0.05) is 12.2 Å². The third kappa shape index (κ3) is 4.92. The molecule has 0 heterocycles. The Morgan fingerprint density at radius 3 is 2.35 bits per heavy atom. The summed E-state index contributed by atoms with van der Waals surface area (Å²) in [4.78, 5) is 24.8. The molecular weight excluding hydrogens is 330 g/mol. The first-order valence-electron chi connectivity index (χ1n) is 8.79. The number of hydrogen-bond acceptors (Lipinski definition) is 5. The number of ketones is 1. The zero-order chi connectivity index (χ0) is 18.9. The number of carbonyl (C=O) groups is 2. The third-order valence-corrected chi connectivity index (χ3v) is 3.97. The van der Waals surface area contributed by atoms with Gasteiger partial charge in [-0.25, -0.2) is 4.79 Å². The summed E-state index contributed by atoms with van der Waals surface area (Å²) in [7, 11) is 1.32. The van der Waals surface area contributed by atoms with Gasteiger partial charge in [-0.1, -0.05) is 49.7 Å². The molecule has 0 aliphatic heterocycles. The van der Waals surface area contributed by atoms with Crippen molar-refractivity contribution in [3.63, 3.8) is 0 Å². The molecule has 0 spiro atoms. The molecule has 0 bridgehead atoms. The maximum atomic E-state index is 12.9. The SMILES string of the molecule is CCCc1ccc(C(=O)C(Nc2ccccc2C(=O)OC)OCC)cc1. The average Bonchev–Trinajstić information content (AvgIpc) is 2.68. The fourth-order valence-corrected chi connectivity index (χ4v) is 2.66. The van der Waals surface area contributed by atoms with Crippen molar-refractivity contribution in [3.05, 3.63) is 65.2 Å². The average molecular weight is 355 g/mol. The number of nitrogens with one attached hydrogen (secondary N) is 1. The van der Waals surface area contributed by atoms with Crippen molar-refractivity contribution < 1.29 is 19.1 Å². The highest BCUT2D eigenvalue weighted by atomic mass is 16.5. The number of anilines is 1. The van der Waals surface area contributed by atoms with Crippen molar-refractivity contribution in [2.45, 2.75) is 32.9 Å². The molecule has 26 heavy (non-hydrogen) atoms. The number of para-hydroxylation sites is 1. The van der Waals surface area contributed by atoms with E-state index in [-0.39, 0.29) is 5.78 Å². The normalized spacial score (nSPS) is 11.7. The molecule has 0 radical (unpaired) electrons. The number of ether oxygens (including phenoxy) is 2. The number of hydrogen-bond donors (Lipinski definition) is 1. The molecule has 0 amide bonds. The van der Waals surface area contributed by atoms with Crippen LogP contribution in [-0.2, 0) is 15.9 Å². The van der Waals surface area contributed by atoms with E-state index in [2.05, 4.69) is 12.2 Å². The first-order chi connectivity index (χ1) is 12.6. The molecule has 1 unspecified atom stereocenters. The van der Waals surface area contributed by atoms with Gasteiger partial charge in [-0.2, -0.15) is 0 Å². The summed E-state index contributed by atoms with van der Waals surface area (Å²) in [6.45, 7) is 4.29. The quantitative estimate of drug-likeness (QED) is 0.417. The van der Waals surface area contributed by atoms with Crippen molar-refractivity contribution in [2.75, 3.05) is 19.0 Å². The first-order valence-corrected chi connectivity index (χ1v) is 8.79. The second kappa shape index (κ2) is 9.73. The molecule has 0 fully saturated rings. The van der Waals surface area contributed by atoms with Gasteiger partial charge in [0.2, 0.25) is 5.78 Å². The fourth-order valence-electron chi connectivity index (χ4n) is 2.66. The molecule has 1 N–H and O–H groups in total. The van der Waals surface area contributed by atoms with E-state index in [9.17, 15) is 9.59 Å². The summed E-state index contributed by atoms with van der Waals surface area (Å²) < 4.78 is 10.4. The Labute approximate surface area is 154 Å². The number of esters is 1. The number of rotatable bonds is 9. The van der Waals surface area contributed by atoms with E-state index in [1.54, 1.807) is 24.3 Å². The van der Waals surface area contributed by atoms with Crippen LogP contribution >= 0.6 is 0 Å². The van der Waals surface area contributed by atoms with Gasteiger partial charge >= 0.3 is 5.97 Å². The lowest BCUT2D eigenvalue weighted by molar-refractivity contribution is 0.0543. The lowest BCUT2D eigenvalue weighted by Gasteiger charge is -2.20. The third-order valence-electron chi connectivity index (χ3n) is 3.97. The Morgan fingerprint density at radius 1 is 1.04 bits per heavy atom. The van der Waals surface area contributed by atoms with Crippen LogP contribution in [0.25, 0.3) is 0 Å². The lowest BCUT2D eigenvalue weighted by atomic mass is 10.0. The summed E-state index contributed by atoms with van der Waals surface area (Å²) in [6.07, 6.45) is 1.15. The summed E-state index contributed by atoms with van der Waals surface area (Å²) in [6, 6.07) is 14.4. The Hall–Kier alpha value is -2.66. The highest BCUT2D eigenvalue weighted by Crippen LogP contribution is 2.19. The minimum atomic E-state index is -0.886. The second-order valence-corrected chi connectivity index (χ2v) is 5.83. The lowest BCUT2D eigenvalue weighted by Crippen LogP contribution is -2.33. The van der Waals surface area contributed by atoms with E-state index in [0.717, 1.165) is 12.8 Å². The first kappa shape index (κ1) is 19.7. The smallest absolute Gasteiger partial charge is 0.339 e. The van der Waals surface area contributed by atoms with E-state index in [1.165, 1.54) is 12.7 Å². The van der Waals surface area contributed by atoms with Crippen LogP contribution in [0.4, 0.5) is 5.69 Å². The maximum Gasteiger partial charge on any atom is 0.339 e. The highest BCUT2D eigenvalue weighted by Gasteiger charge is 2.22. The molecule has 2 aromatic rings. The van der Waals surface area contributed by atoms with Gasteiger partial charge < -0.3 is 14.8 Å². The van der Waals surface area contributed by atoms with Crippen LogP contribution in [0.3, 0.4) is 0 Å². The molecule has 0 saturated carbocycles. The van der Waals surface area contributed by atoms with Crippen LogP contribution in [0.15, 0.2) is 48.5 Å². The molecule has 5 nitrogen and oxygen atoms in total. The summed E-state index contributed by atoms with van der Waals surface area (Å²) in [5.41, 5.74) is 2.60. The van der Waals surface area contributed by atoms with Crippen molar-refractivity contribution in [2.24, 2.45) is 0 Å². The van der Waals surface area contributed by atoms with Gasteiger partial charge in [-0.3, -0.25) is 4.79 Å². The monoisotopic (exact) mass is 355 g/mol. The predicted octanol–water partition coefficient (Wildman–Crippen LogP) is 4.08. The van der Waals surface area contributed by atoms with Crippen LogP contribution in [0, 0.1) is 0 Å². The van der Waals surface area contributed by atoms with Crippen LogP contribution < -0.4 is 5.32 Å². The molecule has 2 aromatic carbocycles. The van der Waals surface area contributed by atoms with Gasteiger partial charge in [0.25, 0.3) is 0 Å². The Bertz CT molecular complexity index is 740. The van der Waals surface area contributed by atoms with Crippen LogP contribution in [0.2, 0.25) is 0 Å². The van der Waals surface area contributed by atoms with Crippen LogP contribution in [0.5, 0.6) is 0 Å². The zero-order valence-corrected chi connectivity index (χ0v) is 15.5. The van der Waals surface area contributed by atoms with Crippen molar-refractivity contribution in [1.82, 2.24) is 0 Å². The Morgan fingerprint density at radius 2 is 1.73 bits per heavy atom. The minimum absolute atomic E-state index is 0.186. The second-order valence-electron chi connectivity index (χ2n) is 5.83. The molecule has 0 aliphatic rings. The molecule has 0 aromatic heterocycles. The fraction of sp³-hybridized carbons (Fsp3) is 0.333. The number of Topliss-reactive ketones (excluding diaryl/α,β-unsaturated/α-hetero) is 1. The Kier molecular flexibility index (Phi) is 7.36. The van der Waals surface area contributed by atoms with Crippen molar-refractivity contribution in [1.29, 1.82) is 0 Å². The number of methoxy groups -OCH3 is 1. The molecule has 2 rings (SSSR count). The van der Waals surface area contributed by atoms with E-state index >= 15 is 0 Å². The minimum Gasteiger partial charge on any atom is -0.465 e. The number of aryl methyl sites for hydroxylation is 1. The van der Waals surface area contributed by atoms with E-state index in [0.29, 0.717) is 23.4 Å². The predicted molar refractivity (Wildman–Crippen MR) is 102 cm³/mol. The van der Waals surface area contributed by atoms with Gasteiger partial charge in [0.05, 0.1) is 18.4 Å². The van der Waals surface area contributed by atoms with Crippen LogP contribution in [-0.4, -0.2) is 31.7 Å². The zero-order valence-electron chi connectivity index (χ0n) is 15.5. The van der Waals surface area contributed by atoms with Crippen LogP contribution in [0.1, 0.15) is 46.5 Å². The Balaban J connectivity index is 2.23. The summed E-state index contributed by atoms with van der Waals surface area (Å²) in [5.74, 6) is -0.658. The number of carbonyl (C=O) groups excluding carboxylic acids is 2. The van der Waals surface area contributed by atoms with Crippen molar-refractivity contribution >= 4 is 17.4 Å². The number of benzene rings is 2. The summed E-state index contributed by atoms with van der Waals surface area (Å²) in [5, 5.41) is 3.03.